The summed E-state index contributed by atoms with van der Waals surface area (Å²) in [6.07, 6.45) is -3.12. The number of hydrogen-bond donors (Lipinski definition) is 1. The molecule has 2 fully saturated rings. The van der Waals surface area contributed by atoms with E-state index in [1.54, 1.807) is 23.0 Å². The lowest BCUT2D eigenvalue weighted by Gasteiger charge is -2.40. The van der Waals surface area contributed by atoms with Crippen LogP contribution in [0.3, 0.4) is 0 Å². The summed E-state index contributed by atoms with van der Waals surface area (Å²) in [6.45, 7) is 4.86. The molecule has 2 saturated heterocycles. The maximum atomic E-state index is 13.6. The highest BCUT2D eigenvalue weighted by atomic mass is 19.4. The van der Waals surface area contributed by atoms with Crippen LogP contribution in [0.5, 0.6) is 0 Å². The number of likely N-dealkylation sites (tertiary alicyclic amines) is 1. The minimum absolute atomic E-state index is 0.0908. The molecule has 2 aromatic rings. The predicted molar refractivity (Wildman–Crippen MR) is 120 cm³/mol. The summed E-state index contributed by atoms with van der Waals surface area (Å²) >= 11 is 0. The van der Waals surface area contributed by atoms with Crippen LogP contribution in [0.4, 0.5) is 18.0 Å². The lowest BCUT2D eigenvalue weighted by atomic mass is 9.82. The van der Waals surface area contributed by atoms with E-state index < -0.39 is 11.7 Å². The lowest BCUT2D eigenvalue weighted by Crippen LogP contribution is -2.52. The Morgan fingerprint density at radius 2 is 1.91 bits per heavy atom. The maximum Gasteiger partial charge on any atom is 0.416 e. The number of halogens is 3. The highest BCUT2D eigenvalue weighted by Gasteiger charge is 2.37. The third kappa shape index (κ3) is 5.55. The number of amides is 2. The summed E-state index contributed by atoms with van der Waals surface area (Å²) in [4.78, 5) is 16.8. The molecule has 0 spiro atoms. The summed E-state index contributed by atoms with van der Waals surface area (Å²) in [5, 5.41) is 7.49. The van der Waals surface area contributed by atoms with Crippen LogP contribution in [0.25, 0.3) is 0 Å². The molecule has 7 nitrogen and oxygen atoms in total. The van der Waals surface area contributed by atoms with Gasteiger partial charge < -0.3 is 19.3 Å². The number of ether oxygens (including phenoxy) is 2. The van der Waals surface area contributed by atoms with Gasteiger partial charge in [0.05, 0.1) is 31.1 Å². The number of piperidine rings is 1. The summed E-state index contributed by atoms with van der Waals surface area (Å²) in [6, 6.07) is 6.39. The van der Waals surface area contributed by atoms with Gasteiger partial charge in [0, 0.05) is 57.2 Å². The van der Waals surface area contributed by atoms with Gasteiger partial charge in [0.1, 0.15) is 0 Å². The van der Waals surface area contributed by atoms with Crippen molar-refractivity contribution in [2.24, 2.45) is 0 Å². The smallest absolute Gasteiger partial charge is 0.384 e. The number of carbonyl (C=O) groups is 1. The number of carbonyl (C=O) groups excluding carboxylic acids is 1. The van der Waals surface area contributed by atoms with Crippen LogP contribution in [0.1, 0.15) is 46.3 Å². The van der Waals surface area contributed by atoms with E-state index >= 15 is 0 Å². The molecule has 2 aliphatic rings. The molecule has 0 aliphatic carbocycles. The first-order valence-corrected chi connectivity index (χ1v) is 11.6. The van der Waals surface area contributed by atoms with Crippen LogP contribution in [-0.4, -0.2) is 79.1 Å². The summed E-state index contributed by atoms with van der Waals surface area (Å²) in [5.74, 6) is -0.323. The van der Waals surface area contributed by atoms with Gasteiger partial charge in [-0.1, -0.05) is 12.1 Å². The Labute approximate surface area is 197 Å². The van der Waals surface area contributed by atoms with E-state index in [-0.39, 0.29) is 23.4 Å². The Morgan fingerprint density at radius 1 is 1.18 bits per heavy atom. The SMILES string of the molecule is COCCc1cc(C2CC(c3ccc(C)c(C(F)(F)F)c3)CN(C(=O)N3CCOCC3)C2)n[nH]1. The largest absolute Gasteiger partial charge is 0.416 e. The van der Waals surface area contributed by atoms with Crippen molar-refractivity contribution >= 4 is 6.03 Å². The zero-order valence-electron chi connectivity index (χ0n) is 19.5. The van der Waals surface area contributed by atoms with Gasteiger partial charge >= 0.3 is 12.2 Å². The fourth-order valence-corrected chi connectivity index (χ4v) is 4.79. The molecule has 2 aliphatic heterocycles. The standard InChI is InChI=1S/C24H31F3N4O3/c1-16-3-4-17(12-21(16)24(25,26)27)18-11-19(22-13-20(28-29-22)5-8-33-2)15-31(14-18)23(32)30-6-9-34-10-7-30/h3-4,12-13,18-19H,5-11,14-15H2,1-2H3,(H,28,29). The molecule has 10 heteroatoms. The first-order chi connectivity index (χ1) is 16.3. The minimum Gasteiger partial charge on any atom is -0.384 e. The highest BCUT2D eigenvalue weighted by molar-refractivity contribution is 5.75. The van der Waals surface area contributed by atoms with E-state index in [9.17, 15) is 18.0 Å². The van der Waals surface area contributed by atoms with Crippen molar-refractivity contribution in [2.75, 3.05) is 53.1 Å². The van der Waals surface area contributed by atoms with Crippen molar-refractivity contribution in [3.05, 3.63) is 52.3 Å². The molecule has 2 amide bonds. The van der Waals surface area contributed by atoms with Crippen molar-refractivity contribution in [2.45, 2.75) is 37.8 Å². The van der Waals surface area contributed by atoms with E-state index in [1.165, 1.54) is 19.1 Å². The summed E-state index contributed by atoms with van der Waals surface area (Å²) < 4.78 is 51.2. The number of rotatable bonds is 5. The number of aromatic amines is 1. The molecule has 0 saturated carbocycles. The predicted octanol–water partition coefficient (Wildman–Crippen LogP) is 3.95. The second-order valence-electron chi connectivity index (χ2n) is 9.05. The highest BCUT2D eigenvalue weighted by Crippen LogP contribution is 2.39. The molecular weight excluding hydrogens is 449 g/mol. The third-order valence-electron chi connectivity index (χ3n) is 6.69. The van der Waals surface area contributed by atoms with E-state index in [0.717, 1.165) is 11.4 Å². The molecule has 3 heterocycles. The zero-order valence-corrected chi connectivity index (χ0v) is 19.5. The van der Waals surface area contributed by atoms with Crippen molar-refractivity contribution in [1.29, 1.82) is 0 Å². The molecule has 2 unspecified atom stereocenters. The molecule has 0 radical (unpaired) electrons. The van der Waals surface area contributed by atoms with Crippen LogP contribution in [0.2, 0.25) is 0 Å². The fraction of sp³-hybridized carbons (Fsp3) is 0.583. The molecule has 4 rings (SSSR count). The first kappa shape index (κ1) is 24.5. The molecule has 0 bridgehead atoms. The number of nitrogens with one attached hydrogen (secondary N) is 1. The van der Waals surface area contributed by atoms with Crippen molar-refractivity contribution in [3.63, 3.8) is 0 Å². The monoisotopic (exact) mass is 480 g/mol. The Bertz CT molecular complexity index is 988. The first-order valence-electron chi connectivity index (χ1n) is 11.6. The average molecular weight is 481 g/mol. The van der Waals surface area contributed by atoms with Crippen molar-refractivity contribution < 1.29 is 27.4 Å². The van der Waals surface area contributed by atoms with Gasteiger partial charge in [0.25, 0.3) is 0 Å². The topological polar surface area (TPSA) is 70.7 Å². The Kier molecular flexibility index (Phi) is 7.47. The number of H-pyrrole nitrogens is 1. The molecule has 1 aromatic heterocycles. The molecule has 1 aromatic carbocycles. The maximum absolute atomic E-state index is 13.6. The van der Waals surface area contributed by atoms with E-state index in [4.69, 9.17) is 9.47 Å². The average Bonchev–Trinajstić information content (AvgIpc) is 3.31. The quantitative estimate of drug-likeness (QED) is 0.704. The van der Waals surface area contributed by atoms with Crippen LogP contribution < -0.4 is 0 Å². The van der Waals surface area contributed by atoms with Crippen LogP contribution in [0, 0.1) is 6.92 Å². The molecule has 2 atom stereocenters. The van der Waals surface area contributed by atoms with Crippen LogP contribution in [-0.2, 0) is 22.1 Å². The van der Waals surface area contributed by atoms with Gasteiger partial charge in [-0.05, 0) is 36.6 Å². The number of aromatic nitrogens is 2. The number of hydrogen-bond acceptors (Lipinski definition) is 4. The summed E-state index contributed by atoms with van der Waals surface area (Å²) in [7, 11) is 1.63. The van der Waals surface area contributed by atoms with Gasteiger partial charge in [0.2, 0.25) is 0 Å². The van der Waals surface area contributed by atoms with Gasteiger partial charge in [-0.3, -0.25) is 5.10 Å². The minimum atomic E-state index is -4.42. The number of benzene rings is 1. The Hall–Kier alpha value is -2.59. The molecule has 1 N–H and O–H groups in total. The Morgan fingerprint density at radius 3 is 2.62 bits per heavy atom. The van der Waals surface area contributed by atoms with Gasteiger partial charge in [-0.2, -0.15) is 18.3 Å². The number of urea groups is 1. The van der Waals surface area contributed by atoms with Crippen LogP contribution >= 0.6 is 0 Å². The number of nitrogens with zero attached hydrogens (tertiary/aromatic N) is 3. The summed E-state index contributed by atoms with van der Waals surface area (Å²) in [5.41, 5.74) is 1.91. The number of alkyl halides is 3. The second-order valence-corrected chi connectivity index (χ2v) is 9.05. The lowest BCUT2D eigenvalue weighted by molar-refractivity contribution is -0.138. The van der Waals surface area contributed by atoms with E-state index in [2.05, 4.69) is 10.2 Å². The van der Waals surface area contributed by atoms with Gasteiger partial charge in [-0.15, -0.1) is 0 Å². The number of aryl methyl sites for hydroxylation is 1. The molecule has 34 heavy (non-hydrogen) atoms. The molecular formula is C24H31F3N4O3. The normalized spacial score (nSPS) is 21.7. The number of morpholine rings is 1. The van der Waals surface area contributed by atoms with E-state index in [1.807, 2.05) is 6.07 Å². The van der Waals surface area contributed by atoms with Crippen molar-refractivity contribution in [1.82, 2.24) is 20.0 Å². The molecule has 186 valence electrons. The van der Waals surface area contributed by atoms with E-state index in [0.29, 0.717) is 64.4 Å². The second kappa shape index (κ2) is 10.4. The van der Waals surface area contributed by atoms with Gasteiger partial charge in [0.15, 0.2) is 0 Å². The Balaban J connectivity index is 1.62. The fourth-order valence-electron chi connectivity index (χ4n) is 4.79. The van der Waals surface area contributed by atoms with Gasteiger partial charge in [-0.25, -0.2) is 4.79 Å². The zero-order chi connectivity index (χ0) is 24.3. The number of methoxy groups -OCH3 is 1. The third-order valence-corrected chi connectivity index (χ3v) is 6.69. The van der Waals surface area contributed by atoms with Crippen LogP contribution in [0.15, 0.2) is 24.3 Å². The van der Waals surface area contributed by atoms with Crippen molar-refractivity contribution in [3.8, 4) is 0 Å².